The van der Waals surface area contributed by atoms with Crippen molar-refractivity contribution in [2.24, 2.45) is 0 Å². The summed E-state index contributed by atoms with van der Waals surface area (Å²) in [5.74, 6) is 0.725. The number of hydrogen-bond donors (Lipinski definition) is 2. The number of aromatic nitrogens is 1. The smallest absolute Gasteiger partial charge is 0.262 e. The Morgan fingerprint density at radius 1 is 0.964 bits per heavy atom. The summed E-state index contributed by atoms with van der Waals surface area (Å²) in [6.07, 6.45) is 3.52. The van der Waals surface area contributed by atoms with E-state index < -0.39 is 10.0 Å². The van der Waals surface area contributed by atoms with E-state index in [0.717, 1.165) is 30.8 Å². The van der Waals surface area contributed by atoms with Gasteiger partial charge in [0, 0.05) is 6.54 Å². The van der Waals surface area contributed by atoms with Gasteiger partial charge in [0.15, 0.2) is 0 Å². The molecule has 0 saturated heterocycles. The van der Waals surface area contributed by atoms with E-state index in [4.69, 9.17) is 0 Å². The molecule has 0 aliphatic carbocycles. The normalized spacial score (nSPS) is 11.2. The first-order chi connectivity index (χ1) is 13.4. The first kappa shape index (κ1) is 19.9. The molecule has 2 aromatic carbocycles. The highest BCUT2D eigenvalue weighted by Gasteiger charge is 2.17. The lowest BCUT2D eigenvalue weighted by Gasteiger charge is -2.12. The van der Waals surface area contributed by atoms with E-state index in [0.29, 0.717) is 11.3 Å². The lowest BCUT2D eigenvalue weighted by Crippen LogP contribution is -2.14. The summed E-state index contributed by atoms with van der Waals surface area (Å²) in [6.45, 7) is 4.46. The molecule has 0 saturated carbocycles. The molecule has 0 spiro atoms. The second-order valence-electron chi connectivity index (χ2n) is 6.82. The van der Waals surface area contributed by atoms with Crippen LogP contribution in [-0.4, -0.2) is 19.9 Å². The monoisotopic (exact) mass is 395 g/mol. The molecule has 5 nitrogen and oxygen atoms in total. The quantitative estimate of drug-likeness (QED) is 0.549. The van der Waals surface area contributed by atoms with Crippen LogP contribution in [0.5, 0.6) is 0 Å². The molecule has 28 heavy (non-hydrogen) atoms. The van der Waals surface area contributed by atoms with Crippen molar-refractivity contribution in [2.75, 3.05) is 16.6 Å². The second kappa shape index (κ2) is 8.89. The Kier molecular flexibility index (Phi) is 6.31. The van der Waals surface area contributed by atoms with Crippen molar-refractivity contribution in [2.45, 2.75) is 31.6 Å². The van der Waals surface area contributed by atoms with E-state index >= 15 is 0 Å². The van der Waals surface area contributed by atoms with E-state index in [1.54, 1.807) is 25.1 Å². The molecule has 0 aliphatic rings. The standard InChI is InChI=1S/C22H25N3O2S/c1-17-10-11-18(2)21(15-17)28(26,27)25-20-12-13-22(24-16-20)23-14-6-9-19-7-4-3-5-8-19/h3-5,7-8,10-13,15-16,25H,6,9,14H2,1-2H3,(H,23,24). The Morgan fingerprint density at radius 2 is 1.75 bits per heavy atom. The fourth-order valence-electron chi connectivity index (χ4n) is 2.92. The third-order valence-electron chi connectivity index (χ3n) is 4.44. The van der Waals surface area contributed by atoms with Crippen molar-refractivity contribution in [3.63, 3.8) is 0 Å². The van der Waals surface area contributed by atoms with Gasteiger partial charge in [-0.3, -0.25) is 4.72 Å². The zero-order valence-electron chi connectivity index (χ0n) is 16.1. The number of rotatable bonds is 8. The van der Waals surface area contributed by atoms with Gasteiger partial charge in [-0.25, -0.2) is 13.4 Å². The topological polar surface area (TPSA) is 71.1 Å². The molecular weight excluding hydrogens is 370 g/mol. The van der Waals surface area contributed by atoms with Gasteiger partial charge in [0.25, 0.3) is 10.0 Å². The van der Waals surface area contributed by atoms with E-state index in [-0.39, 0.29) is 4.90 Å². The molecule has 1 aromatic heterocycles. The molecular formula is C22H25N3O2S. The Bertz CT molecular complexity index is 1020. The Morgan fingerprint density at radius 3 is 2.46 bits per heavy atom. The van der Waals surface area contributed by atoms with Crippen LogP contribution in [0.15, 0.2) is 71.8 Å². The maximum absolute atomic E-state index is 12.7. The molecule has 146 valence electrons. The van der Waals surface area contributed by atoms with E-state index in [2.05, 4.69) is 27.2 Å². The van der Waals surface area contributed by atoms with Crippen molar-refractivity contribution in [1.82, 2.24) is 4.98 Å². The molecule has 0 radical (unpaired) electrons. The number of pyridine rings is 1. The average Bonchev–Trinajstić information content (AvgIpc) is 2.69. The van der Waals surface area contributed by atoms with Crippen molar-refractivity contribution < 1.29 is 8.42 Å². The Hall–Kier alpha value is -2.86. The fourth-order valence-corrected chi connectivity index (χ4v) is 4.29. The zero-order chi connectivity index (χ0) is 20.0. The largest absolute Gasteiger partial charge is 0.370 e. The van der Waals surface area contributed by atoms with Crippen molar-refractivity contribution in [3.05, 3.63) is 83.6 Å². The van der Waals surface area contributed by atoms with Crippen LogP contribution in [-0.2, 0) is 16.4 Å². The van der Waals surface area contributed by atoms with Crippen LogP contribution >= 0.6 is 0 Å². The summed E-state index contributed by atoms with van der Waals surface area (Å²) in [7, 11) is -3.64. The molecule has 3 aromatic rings. The van der Waals surface area contributed by atoms with Gasteiger partial charge in [0.05, 0.1) is 16.8 Å². The summed E-state index contributed by atoms with van der Waals surface area (Å²) in [5, 5.41) is 3.26. The van der Waals surface area contributed by atoms with Crippen LogP contribution in [0.25, 0.3) is 0 Å². The maximum atomic E-state index is 12.7. The predicted molar refractivity (Wildman–Crippen MR) is 114 cm³/mol. The van der Waals surface area contributed by atoms with Crippen LogP contribution in [0.4, 0.5) is 11.5 Å². The van der Waals surface area contributed by atoms with Gasteiger partial charge in [-0.15, -0.1) is 0 Å². The summed E-state index contributed by atoms with van der Waals surface area (Å²) in [4.78, 5) is 4.59. The van der Waals surface area contributed by atoms with Crippen LogP contribution in [0.1, 0.15) is 23.1 Å². The van der Waals surface area contributed by atoms with Gasteiger partial charge in [0.1, 0.15) is 5.82 Å². The minimum Gasteiger partial charge on any atom is -0.370 e. The van der Waals surface area contributed by atoms with Gasteiger partial charge >= 0.3 is 0 Å². The molecule has 3 rings (SSSR count). The Labute approximate surface area is 166 Å². The molecule has 0 fully saturated rings. The second-order valence-corrected chi connectivity index (χ2v) is 8.47. The van der Waals surface area contributed by atoms with Gasteiger partial charge in [-0.1, -0.05) is 42.5 Å². The molecule has 1 heterocycles. The Balaban J connectivity index is 1.56. The van der Waals surface area contributed by atoms with Gasteiger partial charge in [-0.05, 0) is 61.6 Å². The summed E-state index contributed by atoms with van der Waals surface area (Å²) >= 11 is 0. The highest BCUT2D eigenvalue weighted by Crippen LogP contribution is 2.21. The molecule has 0 bridgehead atoms. The van der Waals surface area contributed by atoms with Crippen LogP contribution < -0.4 is 10.0 Å². The zero-order valence-corrected chi connectivity index (χ0v) is 17.0. The lowest BCUT2D eigenvalue weighted by molar-refractivity contribution is 0.600. The first-order valence-electron chi connectivity index (χ1n) is 9.28. The van der Waals surface area contributed by atoms with Gasteiger partial charge in [0.2, 0.25) is 0 Å². The molecule has 0 atom stereocenters. The van der Waals surface area contributed by atoms with Gasteiger partial charge in [-0.2, -0.15) is 0 Å². The van der Waals surface area contributed by atoms with E-state index in [9.17, 15) is 8.42 Å². The molecule has 6 heteroatoms. The van der Waals surface area contributed by atoms with Crippen LogP contribution in [0, 0.1) is 13.8 Å². The first-order valence-corrected chi connectivity index (χ1v) is 10.8. The lowest BCUT2D eigenvalue weighted by atomic mass is 10.1. The molecule has 0 aliphatic heterocycles. The van der Waals surface area contributed by atoms with Crippen LogP contribution in [0.2, 0.25) is 0 Å². The molecule has 0 unspecified atom stereocenters. The number of nitrogens with one attached hydrogen (secondary N) is 2. The number of sulfonamides is 1. The third-order valence-corrected chi connectivity index (χ3v) is 5.96. The number of hydrogen-bond acceptors (Lipinski definition) is 4. The number of benzene rings is 2. The van der Waals surface area contributed by atoms with E-state index in [1.807, 2.05) is 37.3 Å². The molecule has 2 N–H and O–H groups in total. The van der Waals surface area contributed by atoms with Crippen LogP contribution in [0.3, 0.4) is 0 Å². The van der Waals surface area contributed by atoms with Gasteiger partial charge < -0.3 is 5.32 Å². The highest BCUT2D eigenvalue weighted by molar-refractivity contribution is 7.92. The van der Waals surface area contributed by atoms with Crippen molar-refractivity contribution in [3.8, 4) is 0 Å². The van der Waals surface area contributed by atoms with Crippen molar-refractivity contribution >= 4 is 21.5 Å². The van der Waals surface area contributed by atoms with Crippen molar-refractivity contribution in [1.29, 1.82) is 0 Å². The minimum atomic E-state index is -3.64. The fraction of sp³-hybridized carbons (Fsp3) is 0.227. The SMILES string of the molecule is Cc1ccc(C)c(S(=O)(=O)Nc2ccc(NCCCc3ccccc3)nc2)c1. The third kappa shape index (κ3) is 5.33. The number of aryl methyl sites for hydroxylation is 3. The average molecular weight is 396 g/mol. The summed E-state index contributed by atoms with van der Waals surface area (Å²) < 4.78 is 27.9. The maximum Gasteiger partial charge on any atom is 0.262 e. The summed E-state index contributed by atoms with van der Waals surface area (Å²) in [5.41, 5.74) is 3.37. The number of nitrogens with zero attached hydrogens (tertiary/aromatic N) is 1. The summed E-state index contributed by atoms with van der Waals surface area (Å²) in [6, 6.07) is 19.2. The van der Waals surface area contributed by atoms with E-state index in [1.165, 1.54) is 11.8 Å². The molecule has 0 amide bonds. The predicted octanol–water partition coefficient (Wildman–Crippen LogP) is 4.54. The minimum absolute atomic E-state index is 0.288. The highest BCUT2D eigenvalue weighted by atomic mass is 32.2. The number of anilines is 2.